The molecule has 2 rings (SSSR count). The fourth-order valence-corrected chi connectivity index (χ4v) is 2.34. The molecule has 1 heterocycles. The summed E-state index contributed by atoms with van der Waals surface area (Å²) in [5, 5.41) is 3.71. The lowest BCUT2D eigenvalue weighted by Crippen LogP contribution is -2.18. The van der Waals surface area contributed by atoms with Gasteiger partial charge in [0.1, 0.15) is 0 Å². The molecule has 0 bridgehead atoms. The second kappa shape index (κ2) is 5.94. The van der Waals surface area contributed by atoms with Crippen molar-refractivity contribution in [2.45, 2.75) is 4.90 Å². The molecule has 5 nitrogen and oxygen atoms in total. The molecule has 0 atom stereocenters. The molecule has 0 unspecified atom stereocenters. The minimum Gasteiger partial charge on any atom is -0.265 e. The van der Waals surface area contributed by atoms with E-state index in [-0.39, 0.29) is 4.90 Å². The van der Waals surface area contributed by atoms with Crippen molar-refractivity contribution < 1.29 is 8.42 Å². The van der Waals surface area contributed by atoms with E-state index in [2.05, 4.69) is 30.8 Å². The first-order valence-electron chi connectivity index (χ1n) is 5.28. The minimum absolute atomic E-state index is 0.155. The number of rotatable bonds is 4. The molecule has 1 N–H and O–H groups in total. The van der Waals surface area contributed by atoms with Gasteiger partial charge in [-0.15, -0.1) is 0 Å². The molecule has 1 aromatic heterocycles. The van der Waals surface area contributed by atoms with Crippen molar-refractivity contribution in [2.75, 3.05) is 0 Å². The SMILES string of the molecule is O=S(=O)(N/N=C\c1ccncc1)c1ccc(Br)cc1. The molecule has 19 heavy (non-hydrogen) atoms. The number of benzene rings is 1. The number of sulfonamides is 1. The molecule has 0 radical (unpaired) electrons. The van der Waals surface area contributed by atoms with E-state index in [0.29, 0.717) is 0 Å². The topological polar surface area (TPSA) is 71.4 Å². The molecule has 0 aliphatic rings. The number of hydrazone groups is 1. The van der Waals surface area contributed by atoms with Gasteiger partial charge in [-0.1, -0.05) is 15.9 Å². The van der Waals surface area contributed by atoms with E-state index in [9.17, 15) is 8.42 Å². The van der Waals surface area contributed by atoms with Crippen LogP contribution in [-0.4, -0.2) is 19.6 Å². The van der Waals surface area contributed by atoms with Crippen LogP contribution in [0.5, 0.6) is 0 Å². The first kappa shape index (κ1) is 13.7. The smallest absolute Gasteiger partial charge is 0.265 e. The minimum atomic E-state index is -3.63. The summed E-state index contributed by atoms with van der Waals surface area (Å²) in [7, 11) is -3.63. The molecule has 7 heteroatoms. The fourth-order valence-electron chi connectivity index (χ4n) is 1.29. The molecule has 0 fully saturated rings. The molecule has 0 saturated heterocycles. The van der Waals surface area contributed by atoms with Gasteiger partial charge in [0.15, 0.2) is 0 Å². The van der Waals surface area contributed by atoms with E-state index in [1.54, 1.807) is 36.7 Å². The van der Waals surface area contributed by atoms with Crippen LogP contribution in [0.2, 0.25) is 0 Å². The third kappa shape index (κ3) is 3.87. The summed E-state index contributed by atoms with van der Waals surface area (Å²) in [5.41, 5.74) is 0.758. The normalized spacial score (nSPS) is 11.6. The van der Waals surface area contributed by atoms with Gasteiger partial charge in [0, 0.05) is 16.9 Å². The Kier molecular flexibility index (Phi) is 4.28. The molecule has 2 aromatic rings. The molecule has 1 aromatic carbocycles. The van der Waals surface area contributed by atoms with E-state index in [1.165, 1.54) is 18.3 Å². The van der Waals surface area contributed by atoms with Crippen molar-refractivity contribution in [3.05, 3.63) is 58.8 Å². The molecule has 0 amide bonds. The predicted octanol–water partition coefficient (Wildman–Crippen LogP) is 2.16. The summed E-state index contributed by atoms with van der Waals surface area (Å²) in [6.45, 7) is 0. The van der Waals surface area contributed by atoms with Gasteiger partial charge >= 0.3 is 0 Å². The van der Waals surface area contributed by atoms with Crippen molar-refractivity contribution in [2.24, 2.45) is 5.10 Å². The van der Waals surface area contributed by atoms with Gasteiger partial charge in [0.25, 0.3) is 10.0 Å². The van der Waals surface area contributed by atoms with E-state index in [0.717, 1.165) is 10.0 Å². The Balaban J connectivity index is 2.10. The van der Waals surface area contributed by atoms with Gasteiger partial charge in [-0.2, -0.15) is 13.5 Å². The van der Waals surface area contributed by atoms with Crippen molar-refractivity contribution in [1.29, 1.82) is 0 Å². The largest absolute Gasteiger partial charge is 0.276 e. The Morgan fingerprint density at radius 1 is 1.11 bits per heavy atom. The summed E-state index contributed by atoms with van der Waals surface area (Å²) in [6.07, 6.45) is 4.62. The Morgan fingerprint density at radius 3 is 2.37 bits per heavy atom. The Morgan fingerprint density at radius 2 is 1.74 bits per heavy atom. The highest BCUT2D eigenvalue weighted by Gasteiger charge is 2.11. The number of aromatic nitrogens is 1. The molecule has 0 spiro atoms. The van der Waals surface area contributed by atoms with Gasteiger partial charge in [0.05, 0.1) is 11.1 Å². The average molecular weight is 340 g/mol. The van der Waals surface area contributed by atoms with Crippen LogP contribution in [-0.2, 0) is 10.0 Å². The van der Waals surface area contributed by atoms with E-state index in [4.69, 9.17) is 0 Å². The van der Waals surface area contributed by atoms with Crippen LogP contribution >= 0.6 is 15.9 Å². The fraction of sp³-hybridized carbons (Fsp3) is 0. The van der Waals surface area contributed by atoms with Gasteiger partial charge < -0.3 is 0 Å². The van der Waals surface area contributed by atoms with Gasteiger partial charge in [0.2, 0.25) is 0 Å². The van der Waals surface area contributed by atoms with Gasteiger partial charge in [-0.25, -0.2) is 4.83 Å². The quantitative estimate of drug-likeness (QED) is 0.685. The number of pyridine rings is 1. The highest BCUT2D eigenvalue weighted by Crippen LogP contribution is 2.14. The number of nitrogens with one attached hydrogen (secondary N) is 1. The Labute approximate surface area is 119 Å². The van der Waals surface area contributed by atoms with E-state index < -0.39 is 10.0 Å². The van der Waals surface area contributed by atoms with Crippen molar-refractivity contribution in [3.63, 3.8) is 0 Å². The van der Waals surface area contributed by atoms with Crippen molar-refractivity contribution in [3.8, 4) is 0 Å². The third-order valence-corrected chi connectivity index (χ3v) is 3.98. The highest BCUT2D eigenvalue weighted by atomic mass is 79.9. The maximum atomic E-state index is 11.9. The lowest BCUT2D eigenvalue weighted by atomic mass is 10.3. The van der Waals surface area contributed by atoms with Crippen LogP contribution in [0, 0.1) is 0 Å². The zero-order chi connectivity index (χ0) is 13.7. The van der Waals surface area contributed by atoms with Gasteiger partial charge in [-0.3, -0.25) is 4.98 Å². The van der Waals surface area contributed by atoms with Gasteiger partial charge in [-0.05, 0) is 42.0 Å². The molecule has 0 saturated carbocycles. The monoisotopic (exact) mass is 339 g/mol. The molecule has 0 aliphatic carbocycles. The summed E-state index contributed by atoms with van der Waals surface area (Å²) < 4.78 is 24.6. The van der Waals surface area contributed by atoms with Crippen LogP contribution in [0.4, 0.5) is 0 Å². The third-order valence-electron chi connectivity index (χ3n) is 2.22. The second-order valence-corrected chi connectivity index (χ2v) is 6.16. The number of hydrogen-bond donors (Lipinski definition) is 1. The van der Waals surface area contributed by atoms with Crippen molar-refractivity contribution >= 4 is 32.2 Å². The zero-order valence-corrected chi connectivity index (χ0v) is 12.1. The van der Waals surface area contributed by atoms with Crippen LogP contribution in [0.1, 0.15) is 5.56 Å². The summed E-state index contributed by atoms with van der Waals surface area (Å²) in [4.78, 5) is 6.16. The lowest BCUT2D eigenvalue weighted by Gasteiger charge is -2.02. The average Bonchev–Trinajstić information content (AvgIpc) is 2.40. The summed E-state index contributed by atoms with van der Waals surface area (Å²) in [6, 6.07) is 9.74. The zero-order valence-electron chi connectivity index (χ0n) is 9.69. The number of nitrogens with zero attached hydrogens (tertiary/aromatic N) is 2. The predicted molar refractivity (Wildman–Crippen MR) is 76.3 cm³/mol. The highest BCUT2D eigenvalue weighted by molar-refractivity contribution is 9.10. The first-order valence-corrected chi connectivity index (χ1v) is 7.56. The number of halogens is 1. The summed E-state index contributed by atoms with van der Waals surface area (Å²) >= 11 is 3.24. The maximum Gasteiger partial charge on any atom is 0.276 e. The van der Waals surface area contributed by atoms with Crippen LogP contribution in [0.3, 0.4) is 0 Å². The molecular formula is C12H10BrN3O2S. The maximum absolute atomic E-state index is 11.9. The Hall–Kier alpha value is -1.73. The Bertz CT molecular complexity index is 670. The molecular weight excluding hydrogens is 330 g/mol. The second-order valence-electron chi connectivity index (χ2n) is 3.59. The first-order chi connectivity index (χ1) is 9.08. The van der Waals surface area contributed by atoms with Crippen LogP contribution < -0.4 is 4.83 Å². The molecule has 98 valence electrons. The van der Waals surface area contributed by atoms with Crippen LogP contribution in [0.25, 0.3) is 0 Å². The summed E-state index contributed by atoms with van der Waals surface area (Å²) in [5.74, 6) is 0. The number of hydrogen-bond acceptors (Lipinski definition) is 4. The van der Waals surface area contributed by atoms with E-state index in [1.807, 2.05) is 0 Å². The van der Waals surface area contributed by atoms with E-state index >= 15 is 0 Å². The standard InChI is InChI=1S/C12H10BrN3O2S/c13-11-1-3-12(4-2-11)19(17,18)16-15-9-10-5-7-14-8-6-10/h1-9,16H/b15-9-. The molecule has 0 aliphatic heterocycles. The van der Waals surface area contributed by atoms with Crippen LogP contribution in [0.15, 0.2) is 63.3 Å². The lowest BCUT2D eigenvalue weighted by molar-refractivity contribution is 0.584. The van der Waals surface area contributed by atoms with Crippen molar-refractivity contribution in [1.82, 2.24) is 9.82 Å².